The Kier molecular flexibility index (Phi) is 4.81. The number of nitriles is 1. The fourth-order valence-electron chi connectivity index (χ4n) is 1.23. The van der Waals surface area contributed by atoms with Gasteiger partial charge >= 0.3 is 0 Å². The quantitative estimate of drug-likeness (QED) is 0.818. The van der Waals surface area contributed by atoms with Crippen LogP contribution >= 0.6 is 11.6 Å². The first kappa shape index (κ1) is 12.5. The SMILES string of the molecule is Cc1ccc(NC(=O)C(C#N)CCCl)cc1. The topological polar surface area (TPSA) is 52.9 Å². The first-order valence-electron chi connectivity index (χ1n) is 5.00. The fraction of sp³-hybridized carbons (Fsp3) is 0.333. The lowest BCUT2D eigenvalue weighted by Gasteiger charge is -2.08. The van der Waals surface area contributed by atoms with Crippen molar-refractivity contribution < 1.29 is 4.79 Å². The lowest BCUT2D eigenvalue weighted by atomic mass is 10.1. The molecule has 0 radical (unpaired) electrons. The molecule has 1 unspecified atom stereocenters. The summed E-state index contributed by atoms with van der Waals surface area (Å²) in [4.78, 5) is 11.6. The van der Waals surface area contributed by atoms with Crippen LogP contribution in [0.15, 0.2) is 24.3 Å². The van der Waals surface area contributed by atoms with Crippen LogP contribution in [-0.4, -0.2) is 11.8 Å². The number of amides is 1. The van der Waals surface area contributed by atoms with Gasteiger partial charge in [-0.15, -0.1) is 11.6 Å². The van der Waals surface area contributed by atoms with Crippen LogP contribution in [0, 0.1) is 24.2 Å². The van der Waals surface area contributed by atoms with E-state index in [0.717, 1.165) is 5.56 Å². The van der Waals surface area contributed by atoms with Crippen molar-refractivity contribution in [3.8, 4) is 6.07 Å². The molecule has 0 aliphatic carbocycles. The molecule has 1 amide bonds. The Morgan fingerprint density at radius 3 is 2.62 bits per heavy atom. The third-order valence-corrected chi connectivity index (χ3v) is 2.41. The summed E-state index contributed by atoms with van der Waals surface area (Å²) in [5.41, 5.74) is 1.82. The highest BCUT2D eigenvalue weighted by molar-refractivity contribution is 6.18. The van der Waals surface area contributed by atoms with Crippen molar-refractivity contribution >= 4 is 23.2 Å². The van der Waals surface area contributed by atoms with E-state index in [1.807, 2.05) is 37.3 Å². The molecular weight excluding hydrogens is 224 g/mol. The molecular formula is C12H13ClN2O. The normalized spacial score (nSPS) is 11.6. The minimum absolute atomic E-state index is 0.299. The molecule has 1 atom stereocenters. The van der Waals surface area contributed by atoms with Crippen LogP contribution in [0.1, 0.15) is 12.0 Å². The van der Waals surface area contributed by atoms with Crippen LogP contribution in [0.25, 0.3) is 0 Å². The van der Waals surface area contributed by atoms with Crippen molar-refractivity contribution in [1.29, 1.82) is 5.26 Å². The molecule has 0 bridgehead atoms. The number of benzene rings is 1. The number of carbonyl (C=O) groups is 1. The zero-order chi connectivity index (χ0) is 12.0. The van der Waals surface area contributed by atoms with E-state index in [1.165, 1.54) is 0 Å². The number of alkyl halides is 1. The number of hydrogen-bond donors (Lipinski definition) is 1. The van der Waals surface area contributed by atoms with Crippen molar-refractivity contribution in [3.63, 3.8) is 0 Å². The van der Waals surface area contributed by atoms with E-state index in [2.05, 4.69) is 5.32 Å². The standard InChI is InChI=1S/C12H13ClN2O/c1-9-2-4-11(5-3-9)15-12(16)10(8-14)6-7-13/h2-5,10H,6-7H2,1H3,(H,15,16). The molecule has 84 valence electrons. The second-order valence-corrected chi connectivity index (χ2v) is 3.89. The number of nitrogens with one attached hydrogen (secondary N) is 1. The monoisotopic (exact) mass is 236 g/mol. The molecule has 0 spiro atoms. The maximum absolute atomic E-state index is 11.6. The highest BCUT2D eigenvalue weighted by Gasteiger charge is 2.16. The number of aryl methyl sites for hydroxylation is 1. The van der Waals surface area contributed by atoms with Gasteiger partial charge in [0.15, 0.2) is 0 Å². The van der Waals surface area contributed by atoms with Crippen LogP contribution in [0.4, 0.5) is 5.69 Å². The number of hydrogen-bond acceptors (Lipinski definition) is 2. The Morgan fingerprint density at radius 1 is 1.50 bits per heavy atom. The van der Waals surface area contributed by atoms with Crippen molar-refractivity contribution in [2.24, 2.45) is 5.92 Å². The van der Waals surface area contributed by atoms with Crippen molar-refractivity contribution in [2.75, 3.05) is 11.2 Å². The Bertz CT molecular complexity index is 394. The minimum atomic E-state index is -0.682. The van der Waals surface area contributed by atoms with Crippen molar-refractivity contribution in [1.82, 2.24) is 0 Å². The van der Waals surface area contributed by atoms with Gasteiger partial charge in [0, 0.05) is 11.6 Å². The van der Waals surface area contributed by atoms with Crippen LogP contribution < -0.4 is 5.32 Å². The lowest BCUT2D eigenvalue weighted by molar-refractivity contribution is -0.118. The molecule has 16 heavy (non-hydrogen) atoms. The van der Waals surface area contributed by atoms with Gasteiger partial charge in [-0.3, -0.25) is 4.79 Å². The number of rotatable bonds is 4. The molecule has 3 nitrogen and oxygen atoms in total. The number of halogens is 1. The van der Waals surface area contributed by atoms with E-state index in [4.69, 9.17) is 16.9 Å². The summed E-state index contributed by atoms with van der Waals surface area (Å²) in [6.45, 7) is 1.97. The molecule has 1 aromatic rings. The second-order valence-electron chi connectivity index (χ2n) is 3.51. The average molecular weight is 237 g/mol. The maximum atomic E-state index is 11.6. The maximum Gasteiger partial charge on any atom is 0.241 e. The molecule has 1 N–H and O–H groups in total. The van der Waals surface area contributed by atoms with Crippen LogP contribution in [0.3, 0.4) is 0 Å². The molecule has 0 fully saturated rings. The Hall–Kier alpha value is -1.53. The van der Waals surface area contributed by atoms with E-state index in [-0.39, 0.29) is 5.91 Å². The van der Waals surface area contributed by atoms with Gasteiger partial charge in [-0.05, 0) is 25.5 Å². The lowest BCUT2D eigenvalue weighted by Crippen LogP contribution is -2.21. The highest BCUT2D eigenvalue weighted by atomic mass is 35.5. The van der Waals surface area contributed by atoms with Crippen LogP contribution in [0.5, 0.6) is 0 Å². The summed E-state index contributed by atoms with van der Waals surface area (Å²) >= 11 is 5.51. The van der Waals surface area contributed by atoms with Crippen molar-refractivity contribution in [2.45, 2.75) is 13.3 Å². The first-order valence-corrected chi connectivity index (χ1v) is 5.54. The third-order valence-electron chi connectivity index (χ3n) is 2.19. The van der Waals surface area contributed by atoms with Gasteiger partial charge in [-0.25, -0.2) is 0 Å². The van der Waals surface area contributed by atoms with Gasteiger partial charge in [0.2, 0.25) is 5.91 Å². The van der Waals surface area contributed by atoms with Crippen LogP contribution in [0.2, 0.25) is 0 Å². The van der Waals surface area contributed by atoms with Gasteiger partial charge < -0.3 is 5.32 Å². The molecule has 4 heteroatoms. The van der Waals surface area contributed by atoms with Gasteiger partial charge in [0.05, 0.1) is 6.07 Å². The summed E-state index contributed by atoms with van der Waals surface area (Å²) in [7, 11) is 0. The molecule has 0 aromatic heterocycles. The zero-order valence-corrected chi connectivity index (χ0v) is 9.79. The molecule has 0 saturated carbocycles. The van der Waals surface area contributed by atoms with E-state index in [9.17, 15) is 4.79 Å². The summed E-state index contributed by atoms with van der Waals surface area (Å²) in [6, 6.07) is 9.36. The Balaban J connectivity index is 2.63. The number of carbonyl (C=O) groups excluding carboxylic acids is 1. The van der Waals surface area contributed by atoms with E-state index < -0.39 is 5.92 Å². The largest absolute Gasteiger partial charge is 0.325 e. The van der Waals surface area contributed by atoms with E-state index in [1.54, 1.807) is 0 Å². The second kappa shape index (κ2) is 6.14. The summed E-state index contributed by atoms with van der Waals surface area (Å²) in [5.74, 6) is -0.676. The molecule has 0 saturated heterocycles. The van der Waals surface area contributed by atoms with E-state index in [0.29, 0.717) is 18.0 Å². The zero-order valence-electron chi connectivity index (χ0n) is 9.03. The third kappa shape index (κ3) is 3.56. The summed E-state index contributed by atoms with van der Waals surface area (Å²) in [5, 5.41) is 11.5. The highest BCUT2D eigenvalue weighted by Crippen LogP contribution is 2.12. The molecule has 1 aromatic carbocycles. The number of nitrogens with zero attached hydrogens (tertiary/aromatic N) is 1. The number of anilines is 1. The molecule has 0 aliphatic rings. The summed E-state index contributed by atoms with van der Waals surface area (Å²) in [6.07, 6.45) is 0.371. The molecule has 1 rings (SSSR count). The minimum Gasteiger partial charge on any atom is -0.325 e. The van der Waals surface area contributed by atoms with Gasteiger partial charge in [-0.1, -0.05) is 17.7 Å². The van der Waals surface area contributed by atoms with E-state index >= 15 is 0 Å². The van der Waals surface area contributed by atoms with Crippen LogP contribution in [-0.2, 0) is 4.79 Å². The predicted octanol–water partition coefficient (Wildman–Crippen LogP) is 2.70. The predicted molar refractivity (Wildman–Crippen MR) is 64.2 cm³/mol. The molecule has 0 aliphatic heterocycles. The smallest absolute Gasteiger partial charge is 0.241 e. The summed E-state index contributed by atoms with van der Waals surface area (Å²) < 4.78 is 0. The first-order chi connectivity index (χ1) is 7.67. The Morgan fingerprint density at radius 2 is 2.12 bits per heavy atom. The molecule has 0 heterocycles. The average Bonchev–Trinajstić information content (AvgIpc) is 2.29. The van der Waals surface area contributed by atoms with Gasteiger partial charge in [-0.2, -0.15) is 5.26 Å². The fourth-order valence-corrected chi connectivity index (χ4v) is 1.45. The van der Waals surface area contributed by atoms with Crippen molar-refractivity contribution in [3.05, 3.63) is 29.8 Å². The Labute approximate surface area is 100 Å². The van der Waals surface area contributed by atoms with Gasteiger partial charge in [0.25, 0.3) is 0 Å². The van der Waals surface area contributed by atoms with Gasteiger partial charge in [0.1, 0.15) is 5.92 Å².